The number of alkyl halides is 3. The van der Waals surface area contributed by atoms with Crippen molar-refractivity contribution in [2.75, 3.05) is 5.75 Å². The summed E-state index contributed by atoms with van der Waals surface area (Å²) in [4.78, 5) is 11.7. The van der Waals surface area contributed by atoms with Crippen LogP contribution in [0.15, 0.2) is 28.3 Å². The number of rotatable bonds is 4. The number of hydrogen-bond donors (Lipinski definition) is 2. The summed E-state index contributed by atoms with van der Waals surface area (Å²) in [6.07, 6.45) is 1.34. The van der Waals surface area contributed by atoms with E-state index >= 15 is 0 Å². The second-order valence-corrected chi connectivity index (χ2v) is 4.36. The van der Waals surface area contributed by atoms with Crippen LogP contribution in [0.4, 0.5) is 13.2 Å². The summed E-state index contributed by atoms with van der Waals surface area (Å²) in [5, 5.41) is 11.1. The molecule has 18 heavy (non-hydrogen) atoms. The van der Waals surface area contributed by atoms with E-state index in [1.165, 1.54) is 18.3 Å². The Bertz CT molecular complexity index is 499. The number of amidine groups is 1. The van der Waals surface area contributed by atoms with Crippen LogP contribution in [0.2, 0.25) is 0 Å². The van der Waals surface area contributed by atoms with E-state index in [0.717, 1.165) is 4.57 Å². The molecule has 0 atom stereocenters. The lowest BCUT2D eigenvalue weighted by atomic mass is 10.2. The zero-order valence-electron chi connectivity index (χ0n) is 9.02. The highest BCUT2D eigenvalue weighted by Gasteiger charge is 2.27. The Hall–Kier alpha value is -1.64. The first-order valence-corrected chi connectivity index (χ1v) is 5.72. The number of aryl methyl sites for hydroxylation is 1. The molecule has 1 aromatic rings. The summed E-state index contributed by atoms with van der Waals surface area (Å²) in [6.45, 7) is -0.116. The lowest BCUT2D eigenvalue weighted by Crippen LogP contribution is -2.30. The number of halogens is 3. The lowest BCUT2D eigenvalue weighted by Gasteiger charge is -2.08. The van der Waals surface area contributed by atoms with Crippen LogP contribution in [-0.4, -0.2) is 26.9 Å². The van der Waals surface area contributed by atoms with Crippen LogP contribution < -0.4 is 11.3 Å². The average Bonchev–Trinajstić information content (AvgIpc) is 2.29. The molecule has 9 heteroatoms. The second kappa shape index (κ2) is 5.80. The number of pyridine rings is 1. The minimum absolute atomic E-state index is 0.0583. The van der Waals surface area contributed by atoms with Crippen molar-refractivity contribution in [3.63, 3.8) is 0 Å². The topological polar surface area (TPSA) is 80.6 Å². The SMILES string of the molecule is N/C(=N/O)c1cccn(CCSC(F)(F)F)c1=O. The summed E-state index contributed by atoms with van der Waals surface area (Å²) in [6, 6.07) is 2.76. The van der Waals surface area contributed by atoms with Crippen molar-refractivity contribution in [3.8, 4) is 0 Å². The van der Waals surface area contributed by atoms with E-state index in [9.17, 15) is 18.0 Å². The fourth-order valence-electron chi connectivity index (χ4n) is 1.22. The molecule has 0 radical (unpaired) electrons. The van der Waals surface area contributed by atoms with Crippen molar-refractivity contribution in [2.45, 2.75) is 12.1 Å². The van der Waals surface area contributed by atoms with Gasteiger partial charge in [0, 0.05) is 18.5 Å². The third-order valence-electron chi connectivity index (χ3n) is 2.00. The van der Waals surface area contributed by atoms with E-state index in [-0.39, 0.29) is 35.5 Å². The van der Waals surface area contributed by atoms with E-state index in [1.807, 2.05) is 0 Å². The van der Waals surface area contributed by atoms with E-state index < -0.39 is 11.1 Å². The molecule has 5 nitrogen and oxygen atoms in total. The Labute approximate surface area is 104 Å². The normalized spacial score (nSPS) is 12.7. The molecule has 100 valence electrons. The van der Waals surface area contributed by atoms with Gasteiger partial charge >= 0.3 is 5.51 Å². The van der Waals surface area contributed by atoms with E-state index in [2.05, 4.69) is 5.16 Å². The molecule has 0 fully saturated rings. The number of nitrogens with zero attached hydrogens (tertiary/aromatic N) is 2. The van der Waals surface area contributed by atoms with E-state index in [4.69, 9.17) is 10.9 Å². The molecule has 0 aliphatic heterocycles. The number of oxime groups is 1. The van der Waals surface area contributed by atoms with Gasteiger partial charge in [0.15, 0.2) is 5.84 Å². The van der Waals surface area contributed by atoms with Gasteiger partial charge in [-0.05, 0) is 23.9 Å². The van der Waals surface area contributed by atoms with Crippen molar-refractivity contribution in [1.82, 2.24) is 4.57 Å². The maximum atomic E-state index is 11.9. The molecule has 0 spiro atoms. The quantitative estimate of drug-likeness (QED) is 0.376. The maximum Gasteiger partial charge on any atom is 0.441 e. The minimum atomic E-state index is -4.33. The third kappa shape index (κ3) is 3.99. The van der Waals surface area contributed by atoms with Crippen LogP contribution in [0.25, 0.3) is 0 Å². The molecular weight excluding hydrogens is 271 g/mol. The predicted octanol–water partition coefficient (Wildman–Crippen LogP) is 1.20. The first-order chi connectivity index (χ1) is 8.35. The molecular formula is C9H10F3N3O2S. The molecule has 1 heterocycles. The van der Waals surface area contributed by atoms with E-state index in [1.54, 1.807) is 0 Å². The smallest absolute Gasteiger partial charge is 0.409 e. The Morgan fingerprint density at radius 3 is 2.78 bits per heavy atom. The summed E-state index contributed by atoms with van der Waals surface area (Å²) in [5.74, 6) is -0.666. The number of hydrogen-bond acceptors (Lipinski definition) is 4. The highest BCUT2D eigenvalue weighted by atomic mass is 32.2. The highest BCUT2D eigenvalue weighted by Crippen LogP contribution is 2.29. The molecule has 0 saturated carbocycles. The molecule has 0 amide bonds. The van der Waals surface area contributed by atoms with Crippen LogP contribution in [-0.2, 0) is 6.54 Å². The van der Waals surface area contributed by atoms with Gasteiger partial charge in [0.2, 0.25) is 0 Å². The van der Waals surface area contributed by atoms with Crippen LogP contribution >= 0.6 is 11.8 Å². The van der Waals surface area contributed by atoms with Crippen LogP contribution in [0.1, 0.15) is 5.56 Å². The molecule has 1 aromatic heterocycles. The minimum Gasteiger partial charge on any atom is -0.409 e. The number of aromatic nitrogens is 1. The third-order valence-corrected chi connectivity index (χ3v) is 2.72. The van der Waals surface area contributed by atoms with Crippen molar-refractivity contribution in [3.05, 3.63) is 34.2 Å². The first-order valence-electron chi connectivity index (χ1n) is 4.73. The predicted molar refractivity (Wildman–Crippen MR) is 61.7 cm³/mol. The number of nitrogens with two attached hydrogens (primary N) is 1. The first kappa shape index (κ1) is 14.4. The van der Waals surface area contributed by atoms with Crippen molar-refractivity contribution in [2.24, 2.45) is 10.9 Å². The number of thioether (sulfide) groups is 1. The largest absolute Gasteiger partial charge is 0.441 e. The van der Waals surface area contributed by atoms with Crippen LogP contribution in [0.3, 0.4) is 0 Å². The molecule has 1 rings (SSSR count). The van der Waals surface area contributed by atoms with Gasteiger partial charge in [-0.1, -0.05) is 5.16 Å². The van der Waals surface area contributed by atoms with Gasteiger partial charge in [0.05, 0.1) is 5.56 Å². The van der Waals surface area contributed by atoms with Gasteiger partial charge in [-0.3, -0.25) is 4.79 Å². The fourth-order valence-corrected chi connectivity index (χ4v) is 1.74. The van der Waals surface area contributed by atoms with Gasteiger partial charge in [0.1, 0.15) is 0 Å². The highest BCUT2D eigenvalue weighted by molar-refractivity contribution is 8.00. The summed E-state index contributed by atoms with van der Waals surface area (Å²) in [7, 11) is 0. The summed E-state index contributed by atoms with van der Waals surface area (Å²) in [5.41, 5.74) is 0.277. The van der Waals surface area contributed by atoms with Gasteiger partial charge in [-0.15, -0.1) is 0 Å². The zero-order valence-corrected chi connectivity index (χ0v) is 9.83. The summed E-state index contributed by atoms with van der Waals surface area (Å²) < 4.78 is 36.8. The van der Waals surface area contributed by atoms with Crippen LogP contribution in [0.5, 0.6) is 0 Å². The Morgan fingerprint density at radius 2 is 2.22 bits per heavy atom. The molecule has 0 aromatic carbocycles. The second-order valence-electron chi connectivity index (χ2n) is 3.20. The van der Waals surface area contributed by atoms with Gasteiger partial charge in [-0.25, -0.2) is 0 Å². The van der Waals surface area contributed by atoms with Crippen molar-refractivity contribution >= 4 is 17.6 Å². The molecule has 0 aliphatic rings. The molecule has 0 saturated heterocycles. The van der Waals surface area contributed by atoms with Gasteiger partial charge < -0.3 is 15.5 Å². The lowest BCUT2D eigenvalue weighted by molar-refractivity contribution is -0.0328. The Morgan fingerprint density at radius 1 is 1.56 bits per heavy atom. The Balaban J connectivity index is 2.83. The zero-order chi connectivity index (χ0) is 13.8. The molecule has 0 bridgehead atoms. The summed E-state index contributed by atoms with van der Waals surface area (Å²) >= 11 is -0.213. The van der Waals surface area contributed by atoms with Gasteiger partial charge in [-0.2, -0.15) is 13.2 Å². The van der Waals surface area contributed by atoms with Crippen LogP contribution in [0, 0.1) is 0 Å². The molecule has 0 aliphatic carbocycles. The fraction of sp³-hybridized carbons (Fsp3) is 0.333. The van der Waals surface area contributed by atoms with E-state index in [0.29, 0.717) is 0 Å². The average molecular weight is 281 g/mol. The van der Waals surface area contributed by atoms with Crippen molar-refractivity contribution in [1.29, 1.82) is 0 Å². The standard InChI is InChI=1S/C9H10F3N3O2S/c10-9(11,12)18-5-4-15-3-1-2-6(8(15)16)7(13)14-17/h1-3,17H,4-5H2,(H2,13,14). The van der Waals surface area contributed by atoms with Gasteiger partial charge in [0.25, 0.3) is 5.56 Å². The Kier molecular flexibility index (Phi) is 4.65. The van der Waals surface area contributed by atoms with Crippen molar-refractivity contribution < 1.29 is 18.4 Å². The monoisotopic (exact) mass is 281 g/mol. The molecule has 3 N–H and O–H groups in total. The molecule has 0 unspecified atom stereocenters. The maximum absolute atomic E-state index is 11.9.